The maximum absolute atomic E-state index is 13.9. The van der Waals surface area contributed by atoms with Crippen LogP contribution in [0.2, 0.25) is 0 Å². The van der Waals surface area contributed by atoms with E-state index < -0.39 is 44.6 Å². The molecule has 0 heterocycles. The van der Waals surface area contributed by atoms with Crippen LogP contribution in [0.15, 0.2) is 44.2 Å². The minimum absolute atomic E-state index is 0.0119. The van der Waals surface area contributed by atoms with Gasteiger partial charge < -0.3 is 0 Å². The maximum atomic E-state index is 13.9. The van der Waals surface area contributed by atoms with Gasteiger partial charge in [0.05, 0.1) is 4.92 Å². The fourth-order valence-corrected chi connectivity index (χ4v) is 4.64. The summed E-state index contributed by atoms with van der Waals surface area (Å²) < 4.78 is 91.5. The Bertz CT molecular complexity index is 922. The summed E-state index contributed by atoms with van der Waals surface area (Å²) in [6.45, 7) is 0. The van der Waals surface area contributed by atoms with Crippen LogP contribution >= 0.6 is 43.6 Å². The molecular formula is C15H5Br2F7NO2S. The van der Waals surface area contributed by atoms with Gasteiger partial charge in [0.15, 0.2) is 0 Å². The fraction of sp³-hybridized carbons (Fsp3) is 0.200. The Labute approximate surface area is 173 Å². The minimum atomic E-state index is -6.48. The highest BCUT2D eigenvalue weighted by Gasteiger charge is 2.73. The smallest absolute Gasteiger partial charge is 0.258 e. The number of hydrogen-bond acceptors (Lipinski definition) is 3. The number of alkyl halides is 7. The summed E-state index contributed by atoms with van der Waals surface area (Å²) in [6, 6.07) is 7.96. The lowest BCUT2D eigenvalue weighted by atomic mass is 10.1. The summed E-state index contributed by atoms with van der Waals surface area (Å²) in [4.78, 5) is 9.46. The Morgan fingerprint density at radius 1 is 1.04 bits per heavy atom. The molecule has 2 rings (SSSR count). The molecule has 0 aliphatic rings. The number of nitro benzene ring substituents is 1. The van der Waals surface area contributed by atoms with E-state index >= 15 is 0 Å². The highest BCUT2D eigenvalue weighted by atomic mass is 79.9. The molecule has 0 bridgehead atoms. The third-order valence-corrected chi connectivity index (χ3v) is 5.33. The number of halogens is 9. The van der Waals surface area contributed by atoms with Crippen molar-refractivity contribution in [1.82, 2.24) is 0 Å². The van der Waals surface area contributed by atoms with Gasteiger partial charge in [0.1, 0.15) is 0 Å². The predicted molar refractivity (Wildman–Crippen MR) is 94.6 cm³/mol. The fourth-order valence-electron chi connectivity index (χ4n) is 1.99. The van der Waals surface area contributed by atoms with Gasteiger partial charge in [-0.25, -0.2) is 0 Å². The minimum Gasteiger partial charge on any atom is -0.258 e. The second-order valence-electron chi connectivity index (χ2n) is 5.17. The Morgan fingerprint density at radius 2 is 1.64 bits per heavy atom. The van der Waals surface area contributed by atoms with Crippen molar-refractivity contribution in [3.05, 3.63) is 55.5 Å². The summed E-state index contributed by atoms with van der Waals surface area (Å²) >= 11 is 4.85. The van der Waals surface area contributed by atoms with Crippen LogP contribution in [-0.4, -0.2) is 22.3 Å². The van der Waals surface area contributed by atoms with Crippen LogP contribution in [0.1, 0.15) is 0 Å². The Kier molecular flexibility index (Phi) is 6.41. The highest BCUT2D eigenvalue weighted by molar-refractivity contribution is 9.11. The van der Waals surface area contributed by atoms with E-state index in [2.05, 4.69) is 37.9 Å². The third-order valence-electron chi connectivity index (χ3n) is 3.26. The zero-order valence-corrected chi connectivity index (χ0v) is 16.9. The molecule has 28 heavy (non-hydrogen) atoms. The largest absolute Gasteiger partial charge is 0.460 e. The zero-order valence-electron chi connectivity index (χ0n) is 13.0. The molecule has 0 spiro atoms. The lowest BCUT2D eigenvalue weighted by Gasteiger charge is -2.28. The molecule has 0 aliphatic heterocycles. The highest BCUT2D eigenvalue weighted by Crippen LogP contribution is 2.56. The summed E-state index contributed by atoms with van der Waals surface area (Å²) in [5, 5.41) is 5.35. The van der Waals surface area contributed by atoms with Gasteiger partial charge >= 0.3 is 17.4 Å². The van der Waals surface area contributed by atoms with E-state index in [-0.39, 0.29) is 20.1 Å². The van der Waals surface area contributed by atoms with Gasteiger partial charge in [-0.1, -0.05) is 28.1 Å². The van der Waals surface area contributed by atoms with Crippen molar-refractivity contribution in [3.63, 3.8) is 0 Å². The van der Waals surface area contributed by atoms with Gasteiger partial charge in [-0.3, -0.25) is 10.1 Å². The molecule has 0 N–H and O–H groups in total. The van der Waals surface area contributed by atoms with E-state index in [0.29, 0.717) is 0 Å². The normalized spacial score (nSPS) is 12.9. The Morgan fingerprint density at radius 3 is 2.18 bits per heavy atom. The summed E-state index contributed by atoms with van der Waals surface area (Å²) in [6.07, 6.45) is -6.48. The lowest BCUT2D eigenvalue weighted by Crippen LogP contribution is -2.49. The van der Waals surface area contributed by atoms with Gasteiger partial charge in [-0.05, 0) is 39.3 Å². The van der Waals surface area contributed by atoms with Crippen molar-refractivity contribution >= 4 is 49.3 Å². The van der Waals surface area contributed by atoms with Crippen molar-refractivity contribution in [3.8, 4) is 11.1 Å². The topological polar surface area (TPSA) is 43.1 Å². The standard InChI is InChI=1S/C15H5Br2F7NO2S/c16-8-5-10(17)12(7-2-1-3-9(4-7)25(26)27)11(6-8)28-15(23,24)13(18,19)14(20,21)22/h1-4,6H. The first-order chi connectivity index (χ1) is 12.7. The molecule has 13 heteroatoms. The summed E-state index contributed by atoms with van der Waals surface area (Å²) in [7, 11) is 0. The van der Waals surface area contributed by atoms with E-state index in [1.54, 1.807) is 0 Å². The van der Waals surface area contributed by atoms with Gasteiger partial charge in [-0.2, -0.15) is 30.7 Å². The molecule has 0 amide bonds. The van der Waals surface area contributed by atoms with Crippen molar-refractivity contribution in [2.75, 3.05) is 0 Å². The summed E-state index contributed by atoms with van der Waals surface area (Å²) in [5.74, 6) is -6.32. The van der Waals surface area contributed by atoms with Crippen LogP contribution in [0.25, 0.3) is 11.1 Å². The Hall–Kier alpha value is -1.34. The van der Waals surface area contributed by atoms with Crippen LogP contribution in [0, 0.1) is 16.2 Å². The molecule has 0 atom stereocenters. The van der Waals surface area contributed by atoms with Crippen molar-refractivity contribution in [2.45, 2.75) is 22.2 Å². The number of thioether (sulfide) groups is 1. The third kappa shape index (κ3) is 4.46. The molecule has 0 aromatic heterocycles. The number of nitro groups is 1. The van der Waals surface area contributed by atoms with E-state index in [1.807, 2.05) is 0 Å². The quantitative estimate of drug-likeness (QED) is 0.166. The molecule has 2 aromatic rings. The molecule has 151 valence electrons. The van der Waals surface area contributed by atoms with Crippen molar-refractivity contribution in [2.24, 2.45) is 0 Å². The molecule has 1 radical (unpaired) electrons. The summed E-state index contributed by atoms with van der Waals surface area (Å²) in [5.41, 5.74) is -0.747. The van der Waals surface area contributed by atoms with E-state index in [9.17, 15) is 40.8 Å². The van der Waals surface area contributed by atoms with Gasteiger partial charge in [0.25, 0.3) is 5.69 Å². The van der Waals surface area contributed by atoms with Crippen LogP contribution in [0.5, 0.6) is 0 Å². The van der Waals surface area contributed by atoms with Crippen LogP contribution in [0.3, 0.4) is 0 Å². The second kappa shape index (κ2) is 7.82. The number of hydrogen-bond donors (Lipinski definition) is 0. The lowest BCUT2D eigenvalue weighted by molar-refractivity contribution is -0.384. The SMILES string of the molecule is O=[N+]([O-])c1cccc(-c2c(Br)[c]c(Br)cc2SC(F)(F)C(F)(F)C(F)(F)F)c1. The van der Waals surface area contributed by atoms with Gasteiger partial charge in [-0.15, -0.1) is 0 Å². The first kappa shape index (κ1) is 22.9. The zero-order chi connectivity index (χ0) is 21.5. The maximum Gasteiger partial charge on any atom is 0.460 e. The van der Waals surface area contributed by atoms with E-state index in [0.717, 1.165) is 18.2 Å². The van der Waals surface area contributed by atoms with E-state index in [4.69, 9.17) is 0 Å². The molecule has 0 saturated heterocycles. The number of non-ortho nitro benzene ring substituents is 1. The molecule has 0 aliphatic carbocycles. The van der Waals surface area contributed by atoms with Gasteiger partial charge in [0.2, 0.25) is 0 Å². The average molecular weight is 556 g/mol. The molecule has 3 nitrogen and oxygen atoms in total. The monoisotopic (exact) mass is 554 g/mol. The molecular weight excluding hydrogens is 551 g/mol. The molecule has 0 unspecified atom stereocenters. The first-order valence-corrected chi connectivity index (χ1v) is 9.25. The number of rotatable bonds is 5. The van der Waals surface area contributed by atoms with E-state index in [1.165, 1.54) is 12.1 Å². The average Bonchev–Trinajstić information content (AvgIpc) is 2.52. The number of benzene rings is 2. The van der Waals surface area contributed by atoms with Crippen LogP contribution < -0.4 is 0 Å². The molecule has 2 aromatic carbocycles. The van der Waals surface area contributed by atoms with Crippen molar-refractivity contribution in [1.29, 1.82) is 0 Å². The Balaban J connectivity index is 2.64. The van der Waals surface area contributed by atoms with Crippen molar-refractivity contribution < 1.29 is 35.7 Å². The molecule has 0 saturated carbocycles. The number of nitrogens with zero attached hydrogens (tertiary/aromatic N) is 1. The second-order valence-corrected chi connectivity index (χ2v) is 7.97. The van der Waals surface area contributed by atoms with Gasteiger partial charge in [0, 0.05) is 37.6 Å². The van der Waals surface area contributed by atoms with Crippen LogP contribution in [0.4, 0.5) is 36.4 Å². The molecule has 0 fully saturated rings. The first-order valence-electron chi connectivity index (χ1n) is 6.85. The van der Waals surface area contributed by atoms with Crippen LogP contribution in [-0.2, 0) is 0 Å². The predicted octanol–water partition coefficient (Wildman–Crippen LogP) is 7.47.